The highest BCUT2D eigenvalue weighted by Crippen LogP contribution is 2.25. The van der Waals surface area contributed by atoms with Crippen LogP contribution in [0.2, 0.25) is 0 Å². The topological polar surface area (TPSA) is 101 Å². The summed E-state index contributed by atoms with van der Waals surface area (Å²) in [7, 11) is 0. The Morgan fingerprint density at radius 1 is 1.09 bits per heavy atom. The van der Waals surface area contributed by atoms with E-state index in [2.05, 4.69) is 20.8 Å². The highest BCUT2D eigenvalue weighted by Gasteiger charge is 2.30. The summed E-state index contributed by atoms with van der Waals surface area (Å²) in [6.45, 7) is 8.58. The second kappa shape index (κ2) is 8.49. The van der Waals surface area contributed by atoms with Crippen LogP contribution in [0.3, 0.4) is 0 Å². The summed E-state index contributed by atoms with van der Waals surface area (Å²) in [5, 5.41) is 14.5. The summed E-state index contributed by atoms with van der Waals surface area (Å²) < 4.78 is 7.25. The highest BCUT2D eigenvalue weighted by atomic mass is 16.6. The fourth-order valence-corrected chi connectivity index (χ4v) is 3.64. The minimum Gasteiger partial charge on any atom is -0.444 e. The van der Waals surface area contributed by atoms with Crippen molar-refractivity contribution >= 4 is 29.0 Å². The lowest BCUT2D eigenvalue weighted by molar-refractivity contribution is 0.0293. The van der Waals surface area contributed by atoms with Gasteiger partial charge in [-0.3, -0.25) is 9.20 Å². The van der Waals surface area contributed by atoms with Gasteiger partial charge < -0.3 is 20.3 Å². The van der Waals surface area contributed by atoms with Gasteiger partial charge in [0.1, 0.15) is 11.4 Å². The minimum atomic E-state index is -0.520. The molecule has 0 aliphatic carbocycles. The summed E-state index contributed by atoms with van der Waals surface area (Å²) in [5.74, 6) is 0.489. The molecule has 2 amide bonds. The zero-order chi connectivity index (χ0) is 22.9. The summed E-state index contributed by atoms with van der Waals surface area (Å²) in [5.41, 5.74) is 2.16. The number of ether oxygens (including phenoxy) is 1. The zero-order valence-electron chi connectivity index (χ0n) is 18.8. The number of pyridine rings is 1. The molecule has 0 radical (unpaired) electrons. The van der Waals surface area contributed by atoms with Crippen molar-refractivity contribution in [2.24, 2.45) is 0 Å². The van der Waals surface area contributed by atoms with Crippen molar-refractivity contribution < 1.29 is 14.3 Å². The van der Waals surface area contributed by atoms with Crippen LogP contribution in [0.1, 0.15) is 43.4 Å². The zero-order valence-corrected chi connectivity index (χ0v) is 18.8. The van der Waals surface area contributed by atoms with Gasteiger partial charge in [0.05, 0.1) is 16.9 Å². The van der Waals surface area contributed by atoms with Gasteiger partial charge in [0, 0.05) is 25.3 Å². The number of carbonyl (C=O) groups excluding carboxylic acids is 2. The van der Waals surface area contributed by atoms with Crippen LogP contribution in [-0.2, 0) is 4.74 Å². The van der Waals surface area contributed by atoms with Gasteiger partial charge in [-0.25, -0.2) is 4.79 Å². The molecule has 3 heterocycles. The molecule has 2 N–H and O–H groups in total. The summed E-state index contributed by atoms with van der Waals surface area (Å²) in [4.78, 5) is 26.9. The Morgan fingerprint density at radius 3 is 2.59 bits per heavy atom. The minimum absolute atomic E-state index is 0.0663. The number of aromatic nitrogens is 3. The van der Waals surface area contributed by atoms with Gasteiger partial charge in [-0.1, -0.05) is 12.1 Å². The molecular weight excluding hydrogens is 408 g/mol. The van der Waals surface area contributed by atoms with Crippen molar-refractivity contribution in [2.75, 3.05) is 23.7 Å². The average Bonchev–Trinajstić information content (AvgIpc) is 3.35. The van der Waals surface area contributed by atoms with Crippen LogP contribution in [-0.4, -0.2) is 56.2 Å². The number of hydrogen-bond donors (Lipinski definition) is 2. The number of rotatable bonds is 4. The van der Waals surface area contributed by atoms with Gasteiger partial charge in [-0.2, -0.15) is 0 Å². The highest BCUT2D eigenvalue weighted by molar-refractivity contribution is 6.05. The number of anilines is 2. The monoisotopic (exact) mass is 436 g/mol. The maximum atomic E-state index is 12.9. The molecule has 9 heteroatoms. The Kier molecular flexibility index (Phi) is 5.73. The van der Waals surface area contributed by atoms with E-state index in [4.69, 9.17) is 4.74 Å². The average molecular weight is 437 g/mol. The Hall–Kier alpha value is -3.62. The largest absolute Gasteiger partial charge is 0.444 e. The van der Waals surface area contributed by atoms with Gasteiger partial charge in [0.15, 0.2) is 5.65 Å². The molecule has 0 saturated carbocycles. The molecule has 1 aromatic carbocycles. The van der Waals surface area contributed by atoms with Crippen molar-refractivity contribution in [3.63, 3.8) is 0 Å². The lowest BCUT2D eigenvalue weighted by Crippen LogP contribution is -2.36. The molecule has 1 aliphatic rings. The number of carbonyl (C=O) groups is 2. The first-order valence-electron chi connectivity index (χ1n) is 10.7. The van der Waals surface area contributed by atoms with Crippen molar-refractivity contribution in [1.29, 1.82) is 0 Å². The maximum absolute atomic E-state index is 12.9. The maximum Gasteiger partial charge on any atom is 0.410 e. The summed E-state index contributed by atoms with van der Waals surface area (Å²) in [6.07, 6.45) is 2.22. The molecule has 3 aromatic rings. The van der Waals surface area contributed by atoms with Crippen molar-refractivity contribution in [1.82, 2.24) is 19.5 Å². The standard InChI is InChI=1S/C23H28N6O3/c1-15-26-27-20-10-9-16(13-29(15)20)21(30)25-19-8-6-5-7-18(19)24-17-11-12-28(14-17)22(31)32-23(2,3)4/h5-10,13,17,24H,11-12,14H2,1-4H3,(H,25,30). The molecular formula is C23H28N6O3. The number of fused-ring (bicyclic) bond motifs is 1. The first kappa shape index (κ1) is 21.6. The van der Waals surface area contributed by atoms with E-state index in [9.17, 15) is 9.59 Å². The number of para-hydroxylation sites is 2. The third-order valence-corrected chi connectivity index (χ3v) is 5.21. The van der Waals surface area contributed by atoms with Crippen LogP contribution in [0.15, 0.2) is 42.6 Å². The molecule has 2 aromatic heterocycles. The van der Waals surface area contributed by atoms with E-state index in [1.54, 1.807) is 27.6 Å². The molecule has 4 rings (SSSR count). The lowest BCUT2D eigenvalue weighted by atomic mass is 10.2. The van der Waals surface area contributed by atoms with E-state index in [1.165, 1.54) is 0 Å². The van der Waals surface area contributed by atoms with Crippen molar-refractivity contribution in [2.45, 2.75) is 45.8 Å². The number of nitrogens with one attached hydrogen (secondary N) is 2. The molecule has 1 unspecified atom stereocenters. The number of amides is 2. The summed E-state index contributed by atoms with van der Waals surface area (Å²) >= 11 is 0. The Morgan fingerprint density at radius 2 is 1.84 bits per heavy atom. The number of hydrogen-bond acceptors (Lipinski definition) is 6. The van der Waals surface area contributed by atoms with Crippen LogP contribution in [0, 0.1) is 6.92 Å². The molecule has 0 bridgehead atoms. The van der Waals surface area contributed by atoms with Gasteiger partial charge >= 0.3 is 6.09 Å². The Bertz CT molecular complexity index is 1150. The molecule has 1 fully saturated rings. The molecule has 9 nitrogen and oxygen atoms in total. The number of likely N-dealkylation sites (tertiary alicyclic amines) is 1. The Balaban J connectivity index is 1.43. The predicted octanol–water partition coefficient (Wildman–Crippen LogP) is 3.71. The van der Waals surface area contributed by atoms with Gasteiger partial charge in [-0.15, -0.1) is 10.2 Å². The fourth-order valence-electron chi connectivity index (χ4n) is 3.64. The van der Waals surface area contributed by atoms with Gasteiger partial charge in [0.25, 0.3) is 5.91 Å². The van der Waals surface area contributed by atoms with E-state index in [1.807, 2.05) is 52.0 Å². The van der Waals surface area contributed by atoms with Crippen LogP contribution in [0.5, 0.6) is 0 Å². The molecule has 1 aliphatic heterocycles. The molecule has 1 atom stereocenters. The number of benzene rings is 1. The van der Waals surface area contributed by atoms with E-state index < -0.39 is 5.60 Å². The van der Waals surface area contributed by atoms with Crippen molar-refractivity contribution in [3.05, 3.63) is 54.0 Å². The van der Waals surface area contributed by atoms with E-state index in [0.717, 1.165) is 12.1 Å². The molecule has 0 spiro atoms. The molecule has 168 valence electrons. The normalized spacial score (nSPS) is 16.2. The van der Waals surface area contributed by atoms with Crippen LogP contribution in [0.4, 0.5) is 16.2 Å². The third kappa shape index (κ3) is 4.82. The Labute approximate surface area is 186 Å². The predicted molar refractivity (Wildman–Crippen MR) is 122 cm³/mol. The van der Waals surface area contributed by atoms with E-state index in [0.29, 0.717) is 35.8 Å². The first-order chi connectivity index (χ1) is 15.2. The van der Waals surface area contributed by atoms with Crippen LogP contribution in [0.25, 0.3) is 5.65 Å². The van der Waals surface area contributed by atoms with E-state index in [-0.39, 0.29) is 18.0 Å². The summed E-state index contributed by atoms with van der Waals surface area (Å²) in [6, 6.07) is 11.1. The van der Waals surface area contributed by atoms with E-state index >= 15 is 0 Å². The quantitative estimate of drug-likeness (QED) is 0.647. The lowest BCUT2D eigenvalue weighted by Gasteiger charge is -2.24. The van der Waals surface area contributed by atoms with Gasteiger partial charge in [0.2, 0.25) is 0 Å². The third-order valence-electron chi connectivity index (χ3n) is 5.21. The fraction of sp³-hybridized carbons (Fsp3) is 0.391. The van der Waals surface area contributed by atoms with Crippen molar-refractivity contribution in [3.8, 4) is 0 Å². The SMILES string of the molecule is Cc1nnc2ccc(C(=O)Nc3ccccc3NC3CCN(C(=O)OC(C)(C)C)C3)cn12. The van der Waals surface area contributed by atoms with Gasteiger partial charge in [-0.05, 0) is 58.4 Å². The second-order valence-corrected chi connectivity index (χ2v) is 8.95. The number of nitrogens with zero attached hydrogens (tertiary/aromatic N) is 4. The second-order valence-electron chi connectivity index (χ2n) is 8.95. The van der Waals surface area contributed by atoms with Crippen LogP contribution < -0.4 is 10.6 Å². The molecule has 1 saturated heterocycles. The molecule has 32 heavy (non-hydrogen) atoms. The smallest absolute Gasteiger partial charge is 0.410 e. The number of aryl methyl sites for hydroxylation is 1. The first-order valence-corrected chi connectivity index (χ1v) is 10.7. The van der Waals surface area contributed by atoms with Crippen LogP contribution >= 0.6 is 0 Å².